The zero-order valence-corrected chi connectivity index (χ0v) is 11.4. The minimum atomic E-state index is -4.36. The molecule has 1 aliphatic carbocycles. The molecule has 7 heteroatoms. The van der Waals surface area contributed by atoms with Gasteiger partial charge in [0.15, 0.2) is 0 Å². The Morgan fingerprint density at radius 3 is 2.76 bits per heavy atom. The highest BCUT2D eigenvalue weighted by molar-refractivity contribution is 5.79. The molecule has 1 saturated carbocycles. The van der Waals surface area contributed by atoms with Gasteiger partial charge in [-0.05, 0) is 25.0 Å². The molecule has 1 fully saturated rings. The monoisotopic (exact) mass is 305 g/mol. The van der Waals surface area contributed by atoms with Crippen LogP contribution < -0.4 is 5.32 Å². The van der Waals surface area contributed by atoms with Crippen LogP contribution in [0.1, 0.15) is 37.5 Å². The number of carbonyl (C=O) groups excluding carboxylic acids is 1. The van der Waals surface area contributed by atoms with E-state index in [9.17, 15) is 23.1 Å². The summed E-state index contributed by atoms with van der Waals surface area (Å²) in [5, 5.41) is 12.1. The van der Waals surface area contributed by atoms with Crippen molar-refractivity contribution in [1.29, 1.82) is 0 Å². The molecule has 2 rings (SSSR count). The second-order valence-electron chi connectivity index (χ2n) is 5.32. The summed E-state index contributed by atoms with van der Waals surface area (Å²) >= 11 is 0. The van der Waals surface area contributed by atoms with E-state index in [0.717, 1.165) is 0 Å². The quantitative estimate of drug-likeness (QED) is 0.899. The van der Waals surface area contributed by atoms with Crippen molar-refractivity contribution in [3.8, 4) is 0 Å². The molecule has 0 radical (unpaired) electrons. The van der Waals surface area contributed by atoms with Crippen molar-refractivity contribution in [1.82, 2.24) is 5.32 Å². The van der Waals surface area contributed by atoms with Crippen molar-refractivity contribution < 1.29 is 27.5 Å². The Balaban J connectivity index is 1.92. The molecule has 0 unspecified atom stereocenters. The Morgan fingerprint density at radius 1 is 1.43 bits per heavy atom. The fourth-order valence-corrected chi connectivity index (χ4v) is 2.75. The van der Waals surface area contributed by atoms with E-state index in [4.69, 9.17) is 4.42 Å². The van der Waals surface area contributed by atoms with Gasteiger partial charge in [0.1, 0.15) is 11.9 Å². The number of nitrogens with one attached hydrogen (secondary N) is 1. The molecule has 118 valence electrons. The summed E-state index contributed by atoms with van der Waals surface area (Å²) in [6.07, 6.45) is -2.72. The van der Waals surface area contributed by atoms with Gasteiger partial charge in [0.2, 0.25) is 5.91 Å². The second-order valence-corrected chi connectivity index (χ2v) is 5.32. The minimum Gasteiger partial charge on any atom is -0.467 e. The normalized spacial score (nSPS) is 24.6. The Kier molecular flexibility index (Phi) is 4.92. The van der Waals surface area contributed by atoms with Gasteiger partial charge in [0, 0.05) is 5.92 Å². The molecule has 0 spiro atoms. The zero-order chi connectivity index (χ0) is 15.5. The summed E-state index contributed by atoms with van der Waals surface area (Å²) in [5.74, 6) is -3.04. The Hall–Kier alpha value is -1.50. The minimum absolute atomic E-state index is 0.0116. The molecule has 1 amide bonds. The van der Waals surface area contributed by atoms with Crippen molar-refractivity contribution in [2.45, 2.75) is 38.0 Å². The highest BCUT2D eigenvalue weighted by Gasteiger charge is 2.47. The molecule has 0 aromatic carbocycles. The summed E-state index contributed by atoms with van der Waals surface area (Å²) < 4.78 is 43.8. The van der Waals surface area contributed by atoms with Gasteiger partial charge in [-0.15, -0.1) is 0 Å². The van der Waals surface area contributed by atoms with E-state index in [1.54, 1.807) is 6.07 Å². The van der Waals surface area contributed by atoms with Gasteiger partial charge in [0.25, 0.3) is 0 Å². The van der Waals surface area contributed by atoms with E-state index in [1.807, 2.05) is 0 Å². The maximum absolute atomic E-state index is 12.9. The molecule has 2 N–H and O–H groups in total. The molecule has 0 aliphatic heterocycles. The van der Waals surface area contributed by atoms with Gasteiger partial charge in [-0.1, -0.05) is 12.8 Å². The van der Waals surface area contributed by atoms with Crippen molar-refractivity contribution >= 4 is 5.91 Å². The third-order valence-corrected chi connectivity index (χ3v) is 3.86. The molecule has 1 aliphatic rings. The summed E-state index contributed by atoms with van der Waals surface area (Å²) in [6, 6.07) is 3.12. The van der Waals surface area contributed by atoms with E-state index in [1.165, 1.54) is 12.3 Å². The standard InChI is InChI=1S/C14H18F3NO3/c15-14(16,17)10-5-2-1-4-9(10)13(20)18-8-11(19)12-6-3-7-21-12/h3,6-7,9-11,19H,1-2,4-5,8H2,(H,18,20)/t9-,10-,11-/m0/s1. The van der Waals surface area contributed by atoms with Crippen LogP contribution in [0.5, 0.6) is 0 Å². The van der Waals surface area contributed by atoms with E-state index in [2.05, 4.69) is 5.32 Å². The Labute approximate surface area is 120 Å². The number of aliphatic hydroxyl groups excluding tert-OH is 1. The van der Waals surface area contributed by atoms with Crippen molar-refractivity contribution in [2.24, 2.45) is 11.8 Å². The average molecular weight is 305 g/mol. The number of hydrogen-bond acceptors (Lipinski definition) is 3. The number of rotatable bonds is 4. The van der Waals surface area contributed by atoms with Gasteiger partial charge < -0.3 is 14.8 Å². The number of hydrogen-bond donors (Lipinski definition) is 2. The van der Waals surface area contributed by atoms with Crippen molar-refractivity contribution in [3.63, 3.8) is 0 Å². The summed E-state index contributed by atoms with van der Waals surface area (Å²) in [5.41, 5.74) is 0. The summed E-state index contributed by atoms with van der Waals surface area (Å²) in [4.78, 5) is 12.0. The first-order valence-electron chi connectivity index (χ1n) is 6.95. The Bertz CT molecular complexity index is 459. The SMILES string of the molecule is O=C(NC[C@H](O)c1ccco1)[C@H]1CCCC[C@@H]1C(F)(F)F. The van der Waals surface area contributed by atoms with Crippen LogP contribution in [-0.2, 0) is 4.79 Å². The summed E-state index contributed by atoms with van der Waals surface area (Å²) in [6.45, 7) is -0.159. The molecular weight excluding hydrogens is 287 g/mol. The third-order valence-electron chi connectivity index (χ3n) is 3.86. The fourth-order valence-electron chi connectivity index (χ4n) is 2.75. The smallest absolute Gasteiger partial charge is 0.392 e. The van der Waals surface area contributed by atoms with E-state index < -0.39 is 30.0 Å². The maximum atomic E-state index is 12.9. The van der Waals surface area contributed by atoms with E-state index in [0.29, 0.717) is 12.8 Å². The lowest BCUT2D eigenvalue weighted by atomic mass is 9.78. The van der Waals surface area contributed by atoms with Crippen LogP contribution in [0.15, 0.2) is 22.8 Å². The van der Waals surface area contributed by atoms with E-state index >= 15 is 0 Å². The molecule has 21 heavy (non-hydrogen) atoms. The molecule has 4 nitrogen and oxygen atoms in total. The lowest BCUT2D eigenvalue weighted by Crippen LogP contribution is -2.43. The number of aliphatic hydroxyl groups is 1. The van der Waals surface area contributed by atoms with Crippen LogP contribution in [-0.4, -0.2) is 23.7 Å². The Morgan fingerprint density at radius 2 is 2.14 bits per heavy atom. The highest BCUT2D eigenvalue weighted by atomic mass is 19.4. The molecule has 1 heterocycles. The van der Waals surface area contributed by atoms with Crippen LogP contribution in [0.3, 0.4) is 0 Å². The predicted molar refractivity (Wildman–Crippen MR) is 68.2 cm³/mol. The van der Waals surface area contributed by atoms with Crippen molar-refractivity contribution in [3.05, 3.63) is 24.2 Å². The van der Waals surface area contributed by atoms with E-state index in [-0.39, 0.29) is 25.1 Å². The van der Waals surface area contributed by atoms with Crippen LogP contribution in [0.2, 0.25) is 0 Å². The predicted octanol–water partition coefficient (Wildman–Crippen LogP) is 2.80. The third kappa shape index (κ3) is 4.00. The van der Waals surface area contributed by atoms with Gasteiger partial charge in [-0.25, -0.2) is 0 Å². The van der Waals surface area contributed by atoms with Crippen LogP contribution in [0.25, 0.3) is 0 Å². The first-order valence-corrected chi connectivity index (χ1v) is 6.95. The highest BCUT2D eigenvalue weighted by Crippen LogP contribution is 2.41. The van der Waals surface area contributed by atoms with Gasteiger partial charge in [0.05, 0.1) is 18.7 Å². The number of carbonyl (C=O) groups is 1. The topological polar surface area (TPSA) is 62.5 Å². The number of halogens is 3. The first kappa shape index (κ1) is 15.9. The average Bonchev–Trinajstić information content (AvgIpc) is 2.97. The molecule has 1 aromatic rings. The number of amides is 1. The van der Waals surface area contributed by atoms with Gasteiger partial charge in [-0.3, -0.25) is 4.79 Å². The second kappa shape index (κ2) is 6.51. The maximum Gasteiger partial charge on any atom is 0.392 e. The lowest BCUT2D eigenvalue weighted by Gasteiger charge is -2.32. The van der Waals surface area contributed by atoms with Gasteiger partial charge in [-0.2, -0.15) is 13.2 Å². The first-order chi connectivity index (χ1) is 9.89. The van der Waals surface area contributed by atoms with Crippen LogP contribution >= 0.6 is 0 Å². The van der Waals surface area contributed by atoms with Crippen LogP contribution in [0.4, 0.5) is 13.2 Å². The molecule has 0 bridgehead atoms. The summed E-state index contributed by atoms with van der Waals surface area (Å²) in [7, 11) is 0. The number of alkyl halides is 3. The zero-order valence-electron chi connectivity index (χ0n) is 11.4. The molecular formula is C14H18F3NO3. The van der Waals surface area contributed by atoms with Crippen molar-refractivity contribution in [2.75, 3.05) is 6.54 Å². The fraction of sp³-hybridized carbons (Fsp3) is 0.643. The molecule has 1 aromatic heterocycles. The lowest BCUT2D eigenvalue weighted by molar-refractivity contribution is -0.198. The van der Waals surface area contributed by atoms with Gasteiger partial charge >= 0.3 is 6.18 Å². The molecule has 3 atom stereocenters. The largest absolute Gasteiger partial charge is 0.467 e. The number of furan rings is 1. The van der Waals surface area contributed by atoms with Crippen LogP contribution in [0, 0.1) is 11.8 Å². The molecule has 0 saturated heterocycles.